The van der Waals surface area contributed by atoms with E-state index in [4.69, 9.17) is 46.4 Å². The number of thioether (sulfide) groups is 2. The zero-order valence-electron chi connectivity index (χ0n) is 8.17. The number of aromatic nitrogens is 1. The van der Waals surface area contributed by atoms with Crippen molar-refractivity contribution < 1.29 is 9.59 Å². The van der Waals surface area contributed by atoms with E-state index in [1.54, 1.807) is 0 Å². The van der Waals surface area contributed by atoms with Gasteiger partial charge in [-0.3, -0.25) is 9.59 Å². The summed E-state index contributed by atoms with van der Waals surface area (Å²) in [4.78, 5) is 27.6. The minimum absolute atomic E-state index is 0.181. The van der Waals surface area contributed by atoms with Crippen LogP contribution in [0.25, 0.3) is 0 Å². The standard InChI is InChI=1S/C9HCl4NO2S2/c10-8(11)4-2(6(15)17-8)1-3-5(14-4)9(12,13)18-7(3)16/h1H. The largest absolute Gasteiger partial charge is 0.281 e. The lowest BCUT2D eigenvalue weighted by molar-refractivity contribution is 0.108. The summed E-state index contributed by atoms with van der Waals surface area (Å²) in [6.07, 6.45) is 0. The average molecular weight is 361 g/mol. The summed E-state index contributed by atoms with van der Waals surface area (Å²) in [6, 6.07) is 1.40. The van der Waals surface area contributed by atoms with Gasteiger partial charge < -0.3 is 0 Å². The number of hydrogen-bond donors (Lipinski definition) is 0. The molecular formula is C9HCl4NO2S2. The Bertz CT molecular complexity index is 568. The highest BCUT2D eigenvalue weighted by molar-refractivity contribution is 8.17. The van der Waals surface area contributed by atoms with E-state index in [1.807, 2.05) is 0 Å². The smallest absolute Gasteiger partial charge is 0.224 e. The van der Waals surface area contributed by atoms with Crippen LogP contribution in [-0.4, -0.2) is 15.2 Å². The number of carbonyl (C=O) groups is 2. The SMILES string of the molecule is O=C1SC(Cl)(Cl)c2nc3c(cc21)C(=O)SC3(Cl)Cl. The molecule has 0 amide bonds. The first-order chi connectivity index (χ1) is 8.22. The number of alkyl halides is 4. The molecule has 0 aliphatic carbocycles. The number of carbonyl (C=O) groups excluding carboxylic acids is 2. The topological polar surface area (TPSA) is 47.0 Å². The summed E-state index contributed by atoms with van der Waals surface area (Å²) in [5.41, 5.74) is 0.814. The summed E-state index contributed by atoms with van der Waals surface area (Å²) >= 11 is 25.4. The van der Waals surface area contributed by atoms with Gasteiger partial charge in [0.15, 0.2) is 0 Å². The second-order valence-corrected chi connectivity index (χ2v) is 9.52. The lowest BCUT2D eigenvalue weighted by Gasteiger charge is -2.14. The fourth-order valence-corrected chi connectivity index (χ4v) is 4.63. The molecule has 1 aromatic rings. The van der Waals surface area contributed by atoms with Crippen molar-refractivity contribution in [2.75, 3.05) is 0 Å². The molecule has 0 unspecified atom stereocenters. The molecule has 0 N–H and O–H groups in total. The normalized spacial score (nSPS) is 23.1. The van der Waals surface area contributed by atoms with Crippen molar-refractivity contribution in [1.29, 1.82) is 0 Å². The van der Waals surface area contributed by atoms with Crippen LogP contribution in [0.15, 0.2) is 6.07 Å². The van der Waals surface area contributed by atoms with Crippen LogP contribution in [0.1, 0.15) is 32.1 Å². The molecule has 0 bridgehead atoms. The van der Waals surface area contributed by atoms with Crippen LogP contribution in [0.3, 0.4) is 0 Å². The minimum atomic E-state index is -1.47. The molecule has 2 aliphatic heterocycles. The predicted octanol–water partition coefficient (Wildman–Crippen LogP) is 4.03. The summed E-state index contributed by atoms with van der Waals surface area (Å²) in [7, 11) is 0. The molecule has 1 aromatic heterocycles. The number of rotatable bonds is 0. The van der Waals surface area contributed by atoms with Gasteiger partial charge in [0.1, 0.15) is 0 Å². The number of fused-ring (bicyclic) bond motifs is 2. The summed E-state index contributed by atoms with van der Waals surface area (Å²) < 4.78 is -2.94. The maximum atomic E-state index is 11.7. The Morgan fingerprint density at radius 2 is 1.28 bits per heavy atom. The van der Waals surface area contributed by atoms with Crippen molar-refractivity contribution in [3.8, 4) is 0 Å². The van der Waals surface area contributed by atoms with Crippen LogP contribution >= 0.6 is 69.9 Å². The number of halogens is 4. The van der Waals surface area contributed by atoms with Gasteiger partial charge in [0.25, 0.3) is 0 Å². The quantitative estimate of drug-likeness (QED) is 0.653. The molecule has 0 saturated carbocycles. The van der Waals surface area contributed by atoms with Crippen molar-refractivity contribution in [3.05, 3.63) is 28.6 Å². The van der Waals surface area contributed by atoms with Crippen molar-refractivity contribution in [2.24, 2.45) is 0 Å². The Kier molecular flexibility index (Phi) is 2.91. The molecule has 0 saturated heterocycles. The Morgan fingerprint density at radius 1 is 0.889 bits per heavy atom. The van der Waals surface area contributed by atoms with Gasteiger partial charge in [0.05, 0.1) is 22.5 Å². The molecule has 0 radical (unpaired) electrons. The van der Waals surface area contributed by atoms with Crippen LogP contribution in [0, 0.1) is 0 Å². The fourth-order valence-electron chi connectivity index (χ4n) is 1.71. The van der Waals surface area contributed by atoms with E-state index in [-0.39, 0.29) is 32.7 Å². The Morgan fingerprint density at radius 3 is 1.67 bits per heavy atom. The highest BCUT2D eigenvalue weighted by Gasteiger charge is 2.49. The highest BCUT2D eigenvalue weighted by Crippen LogP contribution is 2.57. The second kappa shape index (κ2) is 3.93. The zero-order chi connectivity index (χ0) is 13.3. The lowest BCUT2D eigenvalue weighted by atomic mass is 10.1. The first kappa shape index (κ1) is 13.3. The van der Waals surface area contributed by atoms with E-state index in [1.165, 1.54) is 6.07 Å². The molecule has 3 heterocycles. The number of pyridine rings is 1. The Hall–Kier alpha value is 0.350. The van der Waals surface area contributed by atoms with Gasteiger partial charge in [-0.2, -0.15) is 0 Å². The molecule has 9 heteroatoms. The van der Waals surface area contributed by atoms with E-state index in [2.05, 4.69) is 4.98 Å². The monoisotopic (exact) mass is 359 g/mol. The highest BCUT2D eigenvalue weighted by atomic mass is 35.5. The molecular weight excluding hydrogens is 360 g/mol. The molecule has 0 fully saturated rings. The number of nitrogens with zero attached hydrogens (tertiary/aromatic N) is 1. The van der Waals surface area contributed by atoms with Gasteiger partial charge in [0, 0.05) is 0 Å². The van der Waals surface area contributed by atoms with Gasteiger partial charge in [0.2, 0.25) is 17.6 Å². The van der Waals surface area contributed by atoms with E-state index in [0.717, 1.165) is 23.5 Å². The molecule has 18 heavy (non-hydrogen) atoms. The third-order valence-electron chi connectivity index (χ3n) is 2.46. The molecule has 0 aromatic carbocycles. The summed E-state index contributed by atoms with van der Waals surface area (Å²) in [5, 5.41) is -0.658. The first-order valence-corrected chi connectivity index (χ1v) is 7.65. The molecule has 2 aliphatic rings. The molecule has 0 atom stereocenters. The van der Waals surface area contributed by atoms with Crippen LogP contribution in [0.5, 0.6) is 0 Å². The van der Waals surface area contributed by atoms with E-state index in [9.17, 15) is 9.59 Å². The minimum Gasteiger partial charge on any atom is -0.281 e. The average Bonchev–Trinajstić information content (AvgIpc) is 2.59. The fraction of sp³-hybridized carbons (Fsp3) is 0.222. The van der Waals surface area contributed by atoms with E-state index >= 15 is 0 Å². The van der Waals surface area contributed by atoms with Crippen molar-refractivity contribution in [3.63, 3.8) is 0 Å². The van der Waals surface area contributed by atoms with E-state index in [0.29, 0.717) is 0 Å². The predicted molar refractivity (Wildman–Crippen MR) is 74.8 cm³/mol. The van der Waals surface area contributed by atoms with Gasteiger partial charge in [-0.05, 0) is 29.6 Å². The molecule has 94 valence electrons. The van der Waals surface area contributed by atoms with Crippen molar-refractivity contribution in [1.82, 2.24) is 4.98 Å². The Labute approximate surface area is 130 Å². The van der Waals surface area contributed by atoms with Crippen LogP contribution < -0.4 is 0 Å². The Balaban J connectivity index is 2.31. The summed E-state index contributed by atoms with van der Waals surface area (Å²) in [6.45, 7) is 0. The third kappa shape index (κ3) is 1.79. The molecule has 3 nitrogen and oxygen atoms in total. The van der Waals surface area contributed by atoms with Crippen molar-refractivity contribution >= 4 is 80.2 Å². The second-order valence-electron chi connectivity index (χ2n) is 3.59. The van der Waals surface area contributed by atoms with Gasteiger partial charge >= 0.3 is 0 Å². The number of hydrogen-bond acceptors (Lipinski definition) is 5. The zero-order valence-corrected chi connectivity index (χ0v) is 12.8. The molecule has 3 rings (SSSR count). The maximum Gasteiger partial charge on any atom is 0.224 e. The van der Waals surface area contributed by atoms with Crippen LogP contribution in [-0.2, 0) is 7.33 Å². The van der Waals surface area contributed by atoms with E-state index < -0.39 is 7.33 Å². The third-order valence-corrected chi connectivity index (χ3v) is 5.81. The molecule has 0 spiro atoms. The van der Waals surface area contributed by atoms with Crippen LogP contribution in [0.4, 0.5) is 0 Å². The van der Waals surface area contributed by atoms with Gasteiger partial charge in [-0.25, -0.2) is 4.98 Å². The van der Waals surface area contributed by atoms with Crippen LogP contribution in [0.2, 0.25) is 0 Å². The maximum absolute atomic E-state index is 11.7. The van der Waals surface area contributed by atoms with Gasteiger partial charge in [-0.15, -0.1) is 0 Å². The van der Waals surface area contributed by atoms with Crippen molar-refractivity contribution in [2.45, 2.75) is 7.33 Å². The summed E-state index contributed by atoms with van der Waals surface area (Å²) in [5.74, 6) is 0. The van der Waals surface area contributed by atoms with Gasteiger partial charge in [-0.1, -0.05) is 46.4 Å². The first-order valence-electron chi connectivity index (χ1n) is 4.51. The lowest BCUT2D eigenvalue weighted by Crippen LogP contribution is -2.11.